The van der Waals surface area contributed by atoms with Gasteiger partial charge in [-0.1, -0.05) is 23.5 Å². The maximum Gasteiger partial charge on any atom is 0.297 e. The number of carbonyl (C=O) groups excluding carboxylic acids is 1. The molecule has 0 fully saturated rings. The first kappa shape index (κ1) is 23.2. The van der Waals surface area contributed by atoms with Gasteiger partial charge in [-0.25, -0.2) is 9.37 Å². The van der Waals surface area contributed by atoms with E-state index in [-0.39, 0.29) is 22.3 Å². The number of methoxy groups -OCH3 is 2. The standard InChI is InChI=1S/C28H21FN2O5S/c1-13-9-14(2)23-21(10-13)37-28(30-23)31-24(15-5-7-19(34-3)20(11-15)35-4)22-25(32)17-12-16(29)6-8-18(17)36-26(22)27(31)33/h5-12,24H,1-4H3. The van der Waals surface area contributed by atoms with Gasteiger partial charge < -0.3 is 13.9 Å². The monoisotopic (exact) mass is 516 g/mol. The lowest BCUT2D eigenvalue weighted by Gasteiger charge is -2.23. The van der Waals surface area contributed by atoms with E-state index < -0.39 is 23.2 Å². The van der Waals surface area contributed by atoms with Crippen LogP contribution in [0, 0.1) is 19.7 Å². The zero-order chi connectivity index (χ0) is 26.0. The molecule has 1 atom stereocenters. The average Bonchev–Trinajstić information content (AvgIpc) is 3.43. The summed E-state index contributed by atoms with van der Waals surface area (Å²) < 4.78 is 31.8. The Hall–Kier alpha value is -4.24. The summed E-state index contributed by atoms with van der Waals surface area (Å²) in [6, 6.07) is 12.1. The van der Waals surface area contributed by atoms with Crippen molar-refractivity contribution in [2.45, 2.75) is 19.9 Å². The molecule has 0 saturated heterocycles. The summed E-state index contributed by atoms with van der Waals surface area (Å²) in [5.41, 5.74) is 3.24. The minimum absolute atomic E-state index is 0.0645. The molecule has 1 aliphatic rings. The molecule has 3 aromatic carbocycles. The third-order valence-corrected chi connectivity index (χ3v) is 7.58. The number of ether oxygens (including phenoxy) is 2. The predicted octanol–water partition coefficient (Wildman–Crippen LogP) is 5.93. The van der Waals surface area contributed by atoms with Crippen LogP contribution in [0.5, 0.6) is 11.5 Å². The topological polar surface area (TPSA) is 81.9 Å². The Labute approximate surface area is 214 Å². The maximum absolute atomic E-state index is 14.1. The van der Waals surface area contributed by atoms with E-state index in [1.807, 2.05) is 26.0 Å². The largest absolute Gasteiger partial charge is 0.493 e. The lowest BCUT2D eigenvalue weighted by molar-refractivity contribution is 0.0971. The number of rotatable bonds is 4. The number of hydrogen-bond acceptors (Lipinski definition) is 7. The molecule has 1 aliphatic heterocycles. The number of nitrogens with zero attached hydrogens (tertiary/aromatic N) is 2. The number of thiazole rings is 1. The second-order valence-corrected chi connectivity index (χ2v) is 9.94. The van der Waals surface area contributed by atoms with Crippen LogP contribution in [0.2, 0.25) is 0 Å². The molecule has 3 heterocycles. The Morgan fingerprint density at radius 1 is 1.00 bits per heavy atom. The molecular formula is C28H21FN2O5S. The Morgan fingerprint density at radius 2 is 1.78 bits per heavy atom. The van der Waals surface area contributed by atoms with Crippen molar-refractivity contribution >= 4 is 43.6 Å². The first-order chi connectivity index (χ1) is 17.8. The van der Waals surface area contributed by atoms with Crippen LogP contribution in [0.4, 0.5) is 9.52 Å². The van der Waals surface area contributed by atoms with Crippen LogP contribution in [0.15, 0.2) is 57.7 Å². The van der Waals surface area contributed by atoms with Gasteiger partial charge in [0.1, 0.15) is 11.4 Å². The van der Waals surface area contributed by atoms with Gasteiger partial charge >= 0.3 is 0 Å². The van der Waals surface area contributed by atoms with E-state index >= 15 is 0 Å². The Morgan fingerprint density at radius 3 is 2.54 bits per heavy atom. The molecule has 0 aliphatic carbocycles. The molecule has 0 spiro atoms. The third kappa shape index (κ3) is 3.49. The van der Waals surface area contributed by atoms with Gasteiger partial charge in [-0.05, 0) is 66.9 Å². The second-order valence-electron chi connectivity index (χ2n) is 8.93. The van der Waals surface area contributed by atoms with Crippen LogP contribution in [-0.2, 0) is 0 Å². The van der Waals surface area contributed by atoms with Gasteiger partial charge in [-0.15, -0.1) is 0 Å². The summed E-state index contributed by atoms with van der Waals surface area (Å²) in [7, 11) is 3.04. The molecule has 5 aromatic rings. The minimum Gasteiger partial charge on any atom is -0.493 e. The first-order valence-electron chi connectivity index (χ1n) is 11.5. The molecular weight excluding hydrogens is 495 g/mol. The molecule has 0 radical (unpaired) electrons. The highest BCUT2D eigenvalue weighted by atomic mass is 32.1. The summed E-state index contributed by atoms with van der Waals surface area (Å²) in [6.45, 7) is 3.97. The maximum atomic E-state index is 14.1. The fraction of sp³-hybridized carbons (Fsp3) is 0.179. The second kappa shape index (κ2) is 8.41. The summed E-state index contributed by atoms with van der Waals surface area (Å²) in [5.74, 6) is -0.211. The van der Waals surface area contributed by atoms with E-state index in [4.69, 9.17) is 18.9 Å². The smallest absolute Gasteiger partial charge is 0.297 e. The SMILES string of the molecule is COc1ccc(C2c3c(oc4ccc(F)cc4c3=O)C(=O)N2c2nc3c(C)cc(C)cc3s2)cc1OC. The molecule has 186 valence electrons. The minimum atomic E-state index is -0.867. The molecule has 7 nitrogen and oxygen atoms in total. The Kier molecular flexibility index (Phi) is 5.27. The van der Waals surface area contributed by atoms with E-state index in [0.29, 0.717) is 22.2 Å². The zero-order valence-electron chi connectivity index (χ0n) is 20.4. The van der Waals surface area contributed by atoms with Crippen molar-refractivity contribution in [3.8, 4) is 11.5 Å². The van der Waals surface area contributed by atoms with Gasteiger partial charge in [0.05, 0.1) is 41.4 Å². The van der Waals surface area contributed by atoms with Crippen LogP contribution in [0.25, 0.3) is 21.2 Å². The van der Waals surface area contributed by atoms with Crippen molar-refractivity contribution in [1.82, 2.24) is 4.98 Å². The van der Waals surface area contributed by atoms with Crippen LogP contribution >= 0.6 is 11.3 Å². The molecule has 9 heteroatoms. The molecule has 0 bridgehead atoms. The van der Waals surface area contributed by atoms with Crippen LogP contribution in [0.3, 0.4) is 0 Å². The van der Waals surface area contributed by atoms with Crippen LogP contribution in [-0.4, -0.2) is 25.1 Å². The van der Waals surface area contributed by atoms with Crippen LogP contribution in [0.1, 0.15) is 38.9 Å². The zero-order valence-corrected chi connectivity index (χ0v) is 21.2. The number of amides is 1. The Bertz CT molecular complexity index is 1810. The summed E-state index contributed by atoms with van der Waals surface area (Å²) in [6.07, 6.45) is 0. The lowest BCUT2D eigenvalue weighted by Crippen LogP contribution is -2.29. The summed E-state index contributed by atoms with van der Waals surface area (Å²) in [5, 5.41) is 0.490. The van der Waals surface area contributed by atoms with Gasteiger partial charge in [0, 0.05) is 0 Å². The normalized spacial score (nSPS) is 15.0. The average molecular weight is 517 g/mol. The van der Waals surface area contributed by atoms with Crippen molar-refractivity contribution in [3.05, 3.63) is 92.6 Å². The fourth-order valence-electron chi connectivity index (χ4n) is 4.94. The van der Waals surface area contributed by atoms with E-state index in [1.54, 1.807) is 18.2 Å². The quantitative estimate of drug-likeness (QED) is 0.295. The molecule has 0 N–H and O–H groups in total. The predicted molar refractivity (Wildman–Crippen MR) is 140 cm³/mol. The number of aryl methyl sites for hydroxylation is 2. The van der Waals surface area contributed by atoms with Crippen LogP contribution < -0.4 is 19.8 Å². The summed E-state index contributed by atoms with van der Waals surface area (Å²) >= 11 is 1.36. The van der Waals surface area contributed by atoms with Crippen molar-refractivity contribution < 1.29 is 23.1 Å². The van der Waals surface area contributed by atoms with Crippen molar-refractivity contribution in [2.75, 3.05) is 19.1 Å². The van der Waals surface area contributed by atoms with Gasteiger partial charge in [-0.2, -0.15) is 0 Å². The molecule has 6 rings (SSSR count). The summed E-state index contributed by atoms with van der Waals surface area (Å²) in [4.78, 5) is 33.9. The number of hydrogen-bond donors (Lipinski definition) is 0. The van der Waals surface area contributed by atoms with Gasteiger partial charge in [-0.3, -0.25) is 14.5 Å². The molecule has 1 amide bonds. The lowest BCUT2D eigenvalue weighted by atomic mass is 9.98. The molecule has 0 saturated carbocycles. The van der Waals surface area contributed by atoms with E-state index in [2.05, 4.69) is 0 Å². The van der Waals surface area contributed by atoms with E-state index in [1.165, 1.54) is 42.6 Å². The highest BCUT2D eigenvalue weighted by Crippen LogP contribution is 2.45. The Balaban J connectivity index is 1.65. The number of fused-ring (bicyclic) bond motifs is 3. The van der Waals surface area contributed by atoms with Crippen molar-refractivity contribution in [2.24, 2.45) is 0 Å². The van der Waals surface area contributed by atoms with Gasteiger partial charge in [0.15, 0.2) is 22.1 Å². The molecule has 37 heavy (non-hydrogen) atoms. The van der Waals surface area contributed by atoms with Crippen molar-refractivity contribution in [1.29, 1.82) is 0 Å². The number of halogens is 1. The number of anilines is 1. The van der Waals surface area contributed by atoms with E-state index in [9.17, 15) is 14.0 Å². The number of carbonyl (C=O) groups is 1. The molecule has 1 unspecified atom stereocenters. The first-order valence-corrected chi connectivity index (χ1v) is 12.3. The highest BCUT2D eigenvalue weighted by Gasteiger charge is 2.45. The highest BCUT2D eigenvalue weighted by molar-refractivity contribution is 7.22. The third-order valence-electron chi connectivity index (χ3n) is 6.58. The molecule has 2 aromatic heterocycles. The van der Waals surface area contributed by atoms with E-state index in [0.717, 1.165) is 27.4 Å². The van der Waals surface area contributed by atoms with Gasteiger partial charge in [0.2, 0.25) is 5.76 Å². The van der Waals surface area contributed by atoms with Gasteiger partial charge in [0.25, 0.3) is 5.91 Å². The van der Waals surface area contributed by atoms with Crippen molar-refractivity contribution in [3.63, 3.8) is 0 Å². The number of benzene rings is 3. The number of aromatic nitrogens is 1. The fourth-order valence-corrected chi connectivity index (χ4v) is 6.11.